The van der Waals surface area contributed by atoms with Gasteiger partial charge in [0.1, 0.15) is 41.7 Å². The molecule has 1 saturated heterocycles. The molecule has 2 aliphatic heterocycles. The third kappa shape index (κ3) is 5.58. The molecule has 3 atom stereocenters. The molecule has 0 radical (unpaired) electrons. The van der Waals surface area contributed by atoms with Gasteiger partial charge in [-0.2, -0.15) is 0 Å². The molecule has 2 aliphatic rings. The van der Waals surface area contributed by atoms with Crippen molar-refractivity contribution in [3.05, 3.63) is 74.2 Å². The summed E-state index contributed by atoms with van der Waals surface area (Å²) in [4.78, 5) is 49.2. The molecular formula is C25H24N2O9S2. The van der Waals surface area contributed by atoms with Gasteiger partial charge in [0.15, 0.2) is 6.10 Å². The SMILES string of the molecule is CCC1=C(C(=S)OCc2ccc([N+](=O)[O-])cc2)N2C(=O)C(C(OC(C)=O)c3ccc(COC(C)=O)o3)C2S1. The Hall–Kier alpha value is -3.71. The molecule has 0 aliphatic carbocycles. The second-order valence-electron chi connectivity index (χ2n) is 8.48. The molecule has 0 spiro atoms. The molecule has 13 heteroatoms. The third-order valence-corrected chi connectivity index (χ3v) is 7.71. The van der Waals surface area contributed by atoms with Crippen LogP contribution in [-0.4, -0.2) is 38.1 Å². The van der Waals surface area contributed by atoms with Crippen molar-refractivity contribution in [2.45, 2.75) is 51.9 Å². The lowest BCUT2D eigenvalue weighted by Crippen LogP contribution is -2.59. The molecule has 11 nitrogen and oxygen atoms in total. The molecule has 1 aromatic carbocycles. The van der Waals surface area contributed by atoms with Crippen LogP contribution in [0.25, 0.3) is 0 Å². The predicted molar refractivity (Wildman–Crippen MR) is 138 cm³/mol. The van der Waals surface area contributed by atoms with Gasteiger partial charge in [-0.15, -0.1) is 11.8 Å². The van der Waals surface area contributed by atoms with Crippen molar-refractivity contribution < 1.29 is 37.9 Å². The fourth-order valence-electron chi connectivity index (χ4n) is 4.14. The van der Waals surface area contributed by atoms with E-state index < -0.39 is 28.9 Å². The van der Waals surface area contributed by atoms with E-state index in [-0.39, 0.29) is 41.0 Å². The molecule has 200 valence electrons. The van der Waals surface area contributed by atoms with E-state index in [9.17, 15) is 24.5 Å². The number of esters is 2. The summed E-state index contributed by atoms with van der Waals surface area (Å²) in [5, 5.41) is 10.6. The number of non-ortho nitro benzene ring substituents is 1. The molecular weight excluding hydrogens is 536 g/mol. The zero-order valence-corrected chi connectivity index (χ0v) is 22.3. The largest absolute Gasteiger partial charge is 0.477 e. The van der Waals surface area contributed by atoms with Crippen molar-refractivity contribution in [2.24, 2.45) is 5.92 Å². The van der Waals surface area contributed by atoms with Gasteiger partial charge in [0.25, 0.3) is 5.69 Å². The maximum atomic E-state index is 13.4. The first-order chi connectivity index (χ1) is 18.1. The van der Waals surface area contributed by atoms with Crippen molar-refractivity contribution in [2.75, 3.05) is 0 Å². The van der Waals surface area contributed by atoms with Crippen molar-refractivity contribution in [1.82, 2.24) is 4.90 Å². The number of thioether (sulfide) groups is 1. The topological polar surface area (TPSA) is 138 Å². The number of carbonyl (C=O) groups is 3. The van der Waals surface area contributed by atoms with Crippen LogP contribution < -0.4 is 0 Å². The average molecular weight is 561 g/mol. The van der Waals surface area contributed by atoms with Gasteiger partial charge in [0.05, 0.1) is 4.92 Å². The Kier molecular flexibility index (Phi) is 8.17. The fraction of sp³-hybridized carbons (Fsp3) is 0.360. The normalized spacial score (nSPS) is 18.9. The molecule has 3 unspecified atom stereocenters. The molecule has 4 rings (SSSR count). The van der Waals surface area contributed by atoms with Crippen LogP contribution >= 0.6 is 24.0 Å². The second kappa shape index (κ2) is 11.4. The number of thiocarbonyl (C=S) groups is 1. The number of benzene rings is 1. The zero-order chi connectivity index (χ0) is 27.6. The summed E-state index contributed by atoms with van der Waals surface area (Å²) in [7, 11) is 0. The number of rotatable bonds is 10. The molecule has 1 aromatic heterocycles. The first kappa shape index (κ1) is 27.3. The van der Waals surface area contributed by atoms with Gasteiger partial charge in [-0.05, 0) is 48.5 Å². The molecule has 3 heterocycles. The summed E-state index contributed by atoms with van der Waals surface area (Å²) in [6.45, 7) is 4.45. The number of β-lactam (4-membered cyclic amide) rings is 1. The third-order valence-electron chi connectivity index (χ3n) is 5.88. The molecule has 0 saturated carbocycles. The van der Waals surface area contributed by atoms with Gasteiger partial charge in [0, 0.05) is 30.9 Å². The first-order valence-electron chi connectivity index (χ1n) is 11.6. The van der Waals surface area contributed by atoms with Crippen LogP contribution in [0.15, 0.2) is 51.4 Å². The van der Waals surface area contributed by atoms with E-state index >= 15 is 0 Å². The van der Waals surface area contributed by atoms with Crippen LogP contribution in [-0.2, 0) is 41.8 Å². The Bertz CT molecular complexity index is 1320. The molecule has 0 bridgehead atoms. The van der Waals surface area contributed by atoms with E-state index in [1.54, 1.807) is 29.2 Å². The zero-order valence-electron chi connectivity index (χ0n) is 20.7. The minimum Gasteiger partial charge on any atom is -0.477 e. The van der Waals surface area contributed by atoms with Crippen LogP contribution in [0.1, 0.15) is 50.4 Å². The number of ether oxygens (including phenoxy) is 3. The van der Waals surface area contributed by atoms with Gasteiger partial charge in [-0.3, -0.25) is 29.4 Å². The minimum atomic E-state index is -0.980. The van der Waals surface area contributed by atoms with E-state index in [1.807, 2.05) is 6.92 Å². The van der Waals surface area contributed by atoms with Crippen LogP contribution in [0.2, 0.25) is 0 Å². The summed E-state index contributed by atoms with van der Waals surface area (Å²) in [6.07, 6.45) is -0.383. The van der Waals surface area contributed by atoms with E-state index in [0.717, 1.165) is 4.91 Å². The smallest absolute Gasteiger partial charge is 0.303 e. The number of nitro benzene ring substituents is 1. The van der Waals surface area contributed by atoms with E-state index in [4.69, 9.17) is 30.8 Å². The summed E-state index contributed by atoms with van der Waals surface area (Å²) in [5.74, 6) is -1.45. The lowest BCUT2D eigenvalue weighted by Gasteiger charge is -2.45. The quantitative estimate of drug-likeness (QED) is 0.133. The number of allylic oxidation sites excluding steroid dienone is 1. The van der Waals surface area contributed by atoms with Crippen molar-refractivity contribution in [1.29, 1.82) is 0 Å². The van der Waals surface area contributed by atoms with Gasteiger partial charge in [-0.25, -0.2) is 0 Å². The van der Waals surface area contributed by atoms with Crippen LogP contribution in [0, 0.1) is 16.0 Å². The molecule has 38 heavy (non-hydrogen) atoms. The number of amides is 1. The van der Waals surface area contributed by atoms with Gasteiger partial charge >= 0.3 is 11.9 Å². The number of nitro groups is 1. The predicted octanol–water partition coefficient (Wildman–Crippen LogP) is 4.55. The Morgan fingerprint density at radius 3 is 2.45 bits per heavy atom. The fourth-order valence-corrected chi connectivity index (χ4v) is 5.97. The minimum absolute atomic E-state index is 0.0306. The monoisotopic (exact) mass is 560 g/mol. The summed E-state index contributed by atoms with van der Waals surface area (Å²) < 4.78 is 22.0. The number of nitrogens with zero attached hydrogens (tertiary/aromatic N) is 2. The lowest BCUT2D eigenvalue weighted by atomic mass is 9.89. The first-order valence-corrected chi connectivity index (χ1v) is 12.9. The van der Waals surface area contributed by atoms with Gasteiger partial charge < -0.3 is 18.6 Å². The van der Waals surface area contributed by atoms with Crippen LogP contribution in [0.4, 0.5) is 5.69 Å². The Balaban J connectivity index is 1.48. The number of hydrogen-bond acceptors (Lipinski definition) is 11. The van der Waals surface area contributed by atoms with E-state index in [1.165, 1.54) is 37.7 Å². The van der Waals surface area contributed by atoms with Gasteiger partial charge in [-0.1, -0.05) is 6.92 Å². The van der Waals surface area contributed by atoms with Gasteiger partial charge in [0.2, 0.25) is 11.0 Å². The van der Waals surface area contributed by atoms with Crippen molar-refractivity contribution in [3.63, 3.8) is 0 Å². The standard InChI is InChI=1S/C25H24N2O9S2/c1-4-19-21(25(37)34-11-15-5-7-16(8-6-15)27(31)32)26-23(30)20(24(26)38-19)22(35-14(3)29)18-10-9-17(36-18)12-33-13(2)28/h5-10,20,22,24H,4,11-12H2,1-3H3. The maximum Gasteiger partial charge on any atom is 0.303 e. The molecule has 1 fully saturated rings. The van der Waals surface area contributed by atoms with Crippen molar-refractivity contribution in [3.8, 4) is 0 Å². The Morgan fingerprint density at radius 1 is 1.13 bits per heavy atom. The Morgan fingerprint density at radius 2 is 1.84 bits per heavy atom. The summed E-state index contributed by atoms with van der Waals surface area (Å²) in [6, 6.07) is 9.11. The van der Waals surface area contributed by atoms with Crippen LogP contribution in [0.3, 0.4) is 0 Å². The number of carbonyl (C=O) groups excluding carboxylic acids is 3. The maximum absolute atomic E-state index is 13.4. The highest BCUT2D eigenvalue weighted by atomic mass is 32.2. The van der Waals surface area contributed by atoms with E-state index in [2.05, 4.69) is 0 Å². The second-order valence-corrected chi connectivity index (χ2v) is 10.1. The average Bonchev–Trinajstić information content (AvgIpc) is 3.48. The van der Waals surface area contributed by atoms with E-state index in [0.29, 0.717) is 23.4 Å². The molecule has 2 aromatic rings. The van der Waals surface area contributed by atoms with Crippen LogP contribution in [0.5, 0.6) is 0 Å². The Labute approximate surface area is 227 Å². The lowest BCUT2D eigenvalue weighted by molar-refractivity contribution is -0.384. The summed E-state index contributed by atoms with van der Waals surface area (Å²) in [5.41, 5.74) is 1.15. The van der Waals surface area contributed by atoms with Crippen molar-refractivity contribution >= 4 is 52.6 Å². The highest BCUT2D eigenvalue weighted by Crippen LogP contribution is 2.54. The molecule has 0 N–H and O–H groups in total. The summed E-state index contributed by atoms with van der Waals surface area (Å²) >= 11 is 6.97. The number of hydrogen-bond donors (Lipinski definition) is 0. The molecule has 1 amide bonds. The highest BCUT2D eigenvalue weighted by molar-refractivity contribution is 8.04. The highest BCUT2D eigenvalue weighted by Gasteiger charge is 2.59. The number of furan rings is 1. The number of fused-ring (bicyclic) bond motifs is 1.